The second kappa shape index (κ2) is 6.37. The Morgan fingerprint density at radius 3 is 2.52 bits per heavy atom. The van der Waals surface area contributed by atoms with Crippen LogP contribution in [0.4, 0.5) is 23.7 Å². The van der Waals surface area contributed by atoms with E-state index in [0.717, 1.165) is 37.8 Å². The third-order valence-corrected chi connectivity index (χ3v) is 3.82. The van der Waals surface area contributed by atoms with Crippen molar-refractivity contribution in [3.8, 4) is 0 Å². The number of halogens is 3. The van der Waals surface area contributed by atoms with Crippen molar-refractivity contribution in [2.24, 2.45) is 0 Å². The molecule has 6 heteroatoms. The number of amides is 2. The lowest BCUT2D eigenvalue weighted by atomic mass is 10.0. The van der Waals surface area contributed by atoms with Crippen molar-refractivity contribution in [2.45, 2.75) is 44.8 Å². The van der Waals surface area contributed by atoms with E-state index in [4.69, 9.17) is 0 Å². The first-order valence-electron chi connectivity index (χ1n) is 7.16. The van der Waals surface area contributed by atoms with Crippen LogP contribution in [-0.4, -0.2) is 23.5 Å². The molecule has 21 heavy (non-hydrogen) atoms. The normalized spacial score (nSPS) is 19.4. The summed E-state index contributed by atoms with van der Waals surface area (Å²) in [6, 6.07) is 4.50. The molecule has 0 saturated carbocycles. The van der Waals surface area contributed by atoms with E-state index >= 15 is 0 Å². The summed E-state index contributed by atoms with van der Waals surface area (Å²) in [7, 11) is 0. The lowest BCUT2D eigenvalue weighted by molar-refractivity contribution is -0.137. The predicted molar refractivity (Wildman–Crippen MR) is 75.1 cm³/mol. The van der Waals surface area contributed by atoms with Gasteiger partial charge in [0.1, 0.15) is 0 Å². The van der Waals surface area contributed by atoms with Gasteiger partial charge in [0.15, 0.2) is 0 Å². The fraction of sp³-hybridized carbons (Fsp3) is 0.533. The summed E-state index contributed by atoms with van der Waals surface area (Å²) in [4.78, 5) is 14.0. The van der Waals surface area contributed by atoms with Gasteiger partial charge in [-0.05, 0) is 49.9 Å². The van der Waals surface area contributed by atoms with Gasteiger partial charge in [0, 0.05) is 18.3 Å². The Morgan fingerprint density at radius 2 is 1.95 bits per heavy atom. The van der Waals surface area contributed by atoms with Crippen molar-refractivity contribution >= 4 is 11.7 Å². The molecule has 1 fully saturated rings. The van der Waals surface area contributed by atoms with E-state index in [1.54, 1.807) is 4.90 Å². The number of rotatable bonds is 2. The molecule has 1 aliphatic rings. The van der Waals surface area contributed by atoms with Crippen LogP contribution in [0.25, 0.3) is 0 Å². The van der Waals surface area contributed by atoms with Gasteiger partial charge in [0.2, 0.25) is 0 Å². The molecule has 0 spiro atoms. The number of benzene rings is 1. The number of nitrogens with one attached hydrogen (secondary N) is 1. The Hall–Kier alpha value is -1.72. The molecule has 1 N–H and O–H groups in total. The molecule has 0 bridgehead atoms. The second-order valence-corrected chi connectivity index (χ2v) is 5.26. The van der Waals surface area contributed by atoms with Crippen LogP contribution in [0.3, 0.4) is 0 Å². The zero-order valence-corrected chi connectivity index (χ0v) is 11.9. The number of nitrogens with zero attached hydrogens (tertiary/aromatic N) is 1. The van der Waals surface area contributed by atoms with Crippen molar-refractivity contribution in [1.29, 1.82) is 0 Å². The van der Waals surface area contributed by atoms with E-state index in [0.29, 0.717) is 12.2 Å². The smallest absolute Gasteiger partial charge is 0.322 e. The van der Waals surface area contributed by atoms with Crippen LogP contribution in [-0.2, 0) is 6.18 Å². The van der Waals surface area contributed by atoms with Gasteiger partial charge in [0.05, 0.1) is 5.56 Å². The number of hydrogen-bond acceptors (Lipinski definition) is 1. The van der Waals surface area contributed by atoms with Crippen LogP contribution in [0.2, 0.25) is 0 Å². The molecule has 1 aromatic carbocycles. The van der Waals surface area contributed by atoms with E-state index < -0.39 is 11.7 Å². The highest BCUT2D eigenvalue weighted by molar-refractivity contribution is 5.89. The maximum atomic E-state index is 12.5. The molecule has 2 rings (SSSR count). The van der Waals surface area contributed by atoms with Crippen LogP contribution in [0.15, 0.2) is 24.3 Å². The average Bonchev–Trinajstić information content (AvgIpc) is 2.46. The molecule has 1 aromatic rings. The molecule has 1 saturated heterocycles. The lowest BCUT2D eigenvalue weighted by Crippen LogP contribution is -2.45. The number of carbonyl (C=O) groups excluding carboxylic acids is 1. The number of piperidine rings is 1. The van der Waals surface area contributed by atoms with Crippen LogP contribution < -0.4 is 5.32 Å². The first-order valence-corrected chi connectivity index (χ1v) is 7.16. The molecule has 3 nitrogen and oxygen atoms in total. The standard InChI is InChI=1S/C15H19F3N2O/c1-2-13-5-3-4-10-20(13)14(21)19-12-8-6-11(7-9-12)15(16,17)18/h6-9,13H,2-5,10H2,1H3,(H,19,21). The SMILES string of the molecule is CCC1CCCCN1C(=O)Nc1ccc(C(F)(F)F)cc1. The van der Waals surface area contributed by atoms with Crippen LogP contribution in [0, 0.1) is 0 Å². The highest BCUT2D eigenvalue weighted by Gasteiger charge is 2.30. The van der Waals surface area contributed by atoms with E-state index in [1.165, 1.54) is 12.1 Å². The Bertz CT molecular complexity index is 485. The van der Waals surface area contributed by atoms with Crippen molar-refractivity contribution < 1.29 is 18.0 Å². The molecule has 1 unspecified atom stereocenters. The first kappa shape index (κ1) is 15.7. The molecule has 1 atom stereocenters. The van der Waals surface area contributed by atoms with Crippen LogP contribution in [0.1, 0.15) is 38.2 Å². The molecule has 2 amide bonds. The molecule has 0 aromatic heterocycles. The minimum atomic E-state index is -4.36. The Morgan fingerprint density at radius 1 is 1.29 bits per heavy atom. The van der Waals surface area contributed by atoms with Crippen LogP contribution >= 0.6 is 0 Å². The summed E-state index contributed by atoms with van der Waals surface area (Å²) in [6.45, 7) is 2.74. The zero-order chi connectivity index (χ0) is 15.5. The van der Waals surface area contributed by atoms with E-state index in [2.05, 4.69) is 5.32 Å². The topological polar surface area (TPSA) is 32.3 Å². The van der Waals surface area contributed by atoms with Crippen molar-refractivity contribution in [3.63, 3.8) is 0 Å². The monoisotopic (exact) mass is 300 g/mol. The molecule has 0 aliphatic carbocycles. The fourth-order valence-electron chi connectivity index (χ4n) is 2.63. The number of hydrogen-bond donors (Lipinski definition) is 1. The maximum Gasteiger partial charge on any atom is 0.416 e. The van der Waals surface area contributed by atoms with Gasteiger partial charge in [-0.2, -0.15) is 13.2 Å². The van der Waals surface area contributed by atoms with Gasteiger partial charge >= 0.3 is 12.2 Å². The quantitative estimate of drug-likeness (QED) is 0.856. The van der Waals surface area contributed by atoms with Crippen molar-refractivity contribution in [1.82, 2.24) is 4.90 Å². The minimum absolute atomic E-state index is 0.216. The summed E-state index contributed by atoms with van der Waals surface area (Å²) in [5, 5.41) is 2.67. The third-order valence-electron chi connectivity index (χ3n) is 3.82. The Kier molecular flexibility index (Phi) is 4.75. The molecule has 0 radical (unpaired) electrons. The number of anilines is 1. The number of alkyl halides is 3. The largest absolute Gasteiger partial charge is 0.416 e. The highest BCUT2D eigenvalue weighted by atomic mass is 19.4. The van der Waals surface area contributed by atoms with Crippen molar-refractivity contribution in [3.05, 3.63) is 29.8 Å². The first-order chi connectivity index (χ1) is 9.91. The molecule has 116 valence electrons. The molecular formula is C15H19F3N2O. The fourth-order valence-corrected chi connectivity index (χ4v) is 2.63. The summed E-state index contributed by atoms with van der Waals surface area (Å²) in [6.07, 6.45) is -0.403. The van der Waals surface area contributed by atoms with Crippen molar-refractivity contribution in [2.75, 3.05) is 11.9 Å². The summed E-state index contributed by atoms with van der Waals surface area (Å²) in [5.41, 5.74) is -0.335. The molecule has 1 heterocycles. The van der Waals surface area contributed by atoms with E-state index in [-0.39, 0.29) is 12.1 Å². The molecule has 1 aliphatic heterocycles. The Labute approximate surface area is 122 Å². The van der Waals surface area contributed by atoms with Gasteiger partial charge in [0.25, 0.3) is 0 Å². The predicted octanol–water partition coefficient (Wildman–Crippen LogP) is 4.50. The number of carbonyl (C=O) groups is 1. The summed E-state index contributed by atoms with van der Waals surface area (Å²) < 4.78 is 37.4. The minimum Gasteiger partial charge on any atom is -0.322 e. The third kappa shape index (κ3) is 3.89. The van der Waals surface area contributed by atoms with Gasteiger partial charge in [-0.1, -0.05) is 6.92 Å². The van der Waals surface area contributed by atoms with Gasteiger partial charge < -0.3 is 10.2 Å². The van der Waals surface area contributed by atoms with E-state index in [9.17, 15) is 18.0 Å². The number of urea groups is 1. The van der Waals surface area contributed by atoms with Gasteiger partial charge in [-0.3, -0.25) is 0 Å². The average molecular weight is 300 g/mol. The maximum absolute atomic E-state index is 12.5. The van der Waals surface area contributed by atoms with E-state index in [1.807, 2.05) is 6.92 Å². The van der Waals surface area contributed by atoms with Gasteiger partial charge in [-0.15, -0.1) is 0 Å². The highest BCUT2D eigenvalue weighted by Crippen LogP contribution is 2.30. The lowest BCUT2D eigenvalue weighted by Gasteiger charge is -2.35. The number of likely N-dealkylation sites (tertiary alicyclic amines) is 1. The summed E-state index contributed by atoms with van der Waals surface area (Å²) >= 11 is 0. The molecular weight excluding hydrogens is 281 g/mol. The van der Waals surface area contributed by atoms with Crippen LogP contribution in [0.5, 0.6) is 0 Å². The second-order valence-electron chi connectivity index (χ2n) is 5.26. The summed E-state index contributed by atoms with van der Waals surface area (Å²) in [5.74, 6) is 0. The zero-order valence-electron chi connectivity index (χ0n) is 11.9. The van der Waals surface area contributed by atoms with Gasteiger partial charge in [-0.25, -0.2) is 4.79 Å². The Balaban J connectivity index is 2.02.